The molecule has 13 heavy (non-hydrogen) atoms. The van der Waals surface area contributed by atoms with Gasteiger partial charge in [0.2, 0.25) is 0 Å². The highest BCUT2D eigenvalue weighted by Gasteiger charge is 1.91. The zero-order valence-corrected chi connectivity index (χ0v) is 8.22. The van der Waals surface area contributed by atoms with Gasteiger partial charge >= 0.3 is 0 Å². The van der Waals surface area contributed by atoms with Crippen molar-refractivity contribution >= 4 is 0 Å². The Labute approximate surface area is 80.3 Å². The van der Waals surface area contributed by atoms with E-state index in [1.807, 2.05) is 7.05 Å². The van der Waals surface area contributed by atoms with Crippen LogP contribution in [0.2, 0.25) is 0 Å². The van der Waals surface area contributed by atoms with E-state index in [-0.39, 0.29) is 0 Å². The molecule has 0 fully saturated rings. The van der Waals surface area contributed by atoms with E-state index in [9.17, 15) is 0 Å². The minimum atomic E-state index is 1.04. The molecule has 2 nitrogen and oxygen atoms in total. The van der Waals surface area contributed by atoms with Crippen LogP contribution in [0.4, 0.5) is 0 Å². The summed E-state index contributed by atoms with van der Waals surface area (Å²) in [6.45, 7) is 1.04. The first-order valence-electron chi connectivity index (χ1n) is 4.87. The molecule has 1 aromatic carbocycles. The normalized spacial score (nSPS) is 10.2. The first-order valence-corrected chi connectivity index (χ1v) is 4.87. The monoisotopic (exact) mass is 178 g/mol. The number of hydrazine groups is 1. The molecule has 0 heterocycles. The van der Waals surface area contributed by atoms with Crippen LogP contribution in [0.25, 0.3) is 0 Å². The van der Waals surface area contributed by atoms with Crippen molar-refractivity contribution in [2.24, 2.45) is 0 Å². The van der Waals surface area contributed by atoms with Gasteiger partial charge in [0.15, 0.2) is 0 Å². The summed E-state index contributed by atoms with van der Waals surface area (Å²) in [5, 5.41) is 0. The van der Waals surface area contributed by atoms with E-state index >= 15 is 0 Å². The van der Waals surface area contributed by atoms with Crippen LogP contribution in [0.5, 0.6) is 0 Å². The van der Waals surface area contributed by atoms with Gasteiger partial charge in [-0.2, -0.15) is 0 Å². The van der Waals surface area contributed by atoms with Gasteiger partial charge in [-0.25, -0.2) is 0 Å². The van der Waals surface area contributed by atoms with Crippen molar-refractivity contribution in [3.05, 3.63) is 35.9 Å². The maximum atomic E-state index is 3.08. The van der Waals surface area contributed by atoms with Gasteiger partial charge < -0.3 is 0 Å². The quantitative estimate of drug-likeness (QED) is 0.512. The number of unbranched alkanes of at least 4 members (excludes halogenated alkanes) is 1. The summed E-state index contributed by atoms with van der Waals surface area (Å²) < 4.78 is 0. The van der Waals surface area contributed by atoms with Gasteiger partial charge in [0.25, 0.3) is 0 Å². The van der Waals surface area contributed by atoms with Crippen LogP contribution in [0, 0.1) is 0 Å². The average molecular weight is 178 g/mol. The van der Waals surface area contributed by atoms with Gasteiger partial charge in [-0.1, -0.05) is 30.3 Å². The Morgan fingerprint density at radius 1 is 1.08 bits per heavy atom. The Balaban J connectivity index is 2.07. The van der Waals surface area contributed by atoms with E-state index in [0.717, 1.165) is 6.54 Å². The predicted octanol–water partition coefficient (Wildman–Crippen LogP) is 1.73. The second-order valence-corrected chi connectivity index (χ2v) is 3.12. The van der Waals surface area contributed by atoms with E-state index in [4.69, 9.17) is 0 Å². The minimum absolute atomic E-state index is 1.04. The highest BCUT2D eigenvalue weighted by atomic mass is 15.3. The molecule has 0 atom stereocenters. The SMILES string of the molecule is CNNCCCCc1ccccc1. The van der Waals surface area contributed by atoms with Gasteiger partial charge in [0.05, 0.1) is 0 Å². The number of nitrogens with one attached hydrogen (secondary N) is 2. The maximum Gasteiger partial charge on any atom is 0.00997 e. The summed E-state index contributed by atoms with van der Waals surface area (Å²) in [4.78, 5) is 0. The Kier molecular flexibility index (Phi) is 5.22. The van der Waals surface area contributed by atoms with Crippen LogP contribution in [-0.2, 0) is 6.42 Å². The summed E-state index contributed by atoms with van der Waals surface area (Å²) in [6, 6.07) is 10.6. The molecule has 0 aliphatic heterocycles. The third kappa shape index (κ3) is 4.65. The number of benzene rings is 1. The minimum Gasteiger partial charge on any atom is -0.261 e. The summed E-state index contributed by atoms with van der Waals surface area (Å²) in [5.41, 5.74) is 7.44. The summed E-state index contributed by atoms with van der Waals surface area (Å²) in [5.74, 6) is 0. The van der Waals surface area contributed by atoms with E-state index in [1.165, 1.54) is 24.8 Å². The number of rotatable bonds is 6. The van der Waals surface area contributed by atoms with Crippen LogP contribution in [-0.4, -0.2) is 13.6 Å². The average Bonchev–Trinajstić information content (AvgIpc) is 2.19. The van der Waals surface area contributed by atoms with E-state index in [2.05, 4.69) is 41.2 Å². The fourth-order valence-corrected chi connectivity index (χ4v) is 1.31. The van der Waals surface area contributed by atoms with Crippen molar-refractivity contribution in [1.82, 2.24) is 10.9 Å². The van der Waals surface area contributed by atoms with Gasteiger partial charge in [-0.15, -0.1) is 0 Å². The topological polar surface area (TPSA) is 24.1 Å². The van der Waals surface area contributed by atoms with Crippen LogP contribution in [0.1, 0.15) is 18.4 Å². The molecule has 0 bridgehead atoms. The molecule has 0 aromatic heterocycles. The Morgan fingerprint density at radius 3 is 2.54 bits per heavy atom. The van der Waals surface area contributed by atoms with Crippen LogP contribution in [0.3, 0.4) is 0 Å². The van der Waals surface area contributed by atoms with Crippen LogP contribution < -0.4 is 10.9 Å². The molecule has 72 valence electrons. The second-order valence-electron chi connectivity index (χ2n) is 3.12. The molecule has 1 rings (SSSR count). The zero-order chi connectivity index (χ0) is 9.36. The lowest BCUT2D eigenvalue weighted by Gasteiger charge is -2.02. The van der Waals surface area contributed by atoms with Crippen molar-refractivity contribution in [2.75, 3.05) is 13.6 Å². The smallest absolute Gasteiger partial charge is 0.00997 e. The van der Waals surface area contributed by atoms with E-state index in [0.29, 0.717) is 0 Å². The predicted molar refractivity (Wildman–Crippen MR) is 56.4 cm³/mol. The fraction of sp³-hybridized carbons (Fsp3) is 0.455. The molecule has 2 N–H and O–H groups in total. The van der Waals surface area contributed by atoms with Gasteiger partial charge in [-0.05, 0) is 31.9 Å². The molecule has 0 amide bonds. The summed E-state index contributed by atoms with van der Waals surface area (Å²) in [6.07, 6.45) is 3.65. The lowest BCUT2D eigenvalue weighted by Crippen LogP contribution is -2.28. The van der Waals surface area contributed by atoms with E-state index < -0.39 is 0 Å². The number of aryl methyl sites for hydroxylation is 1. The number of hydrogen-bond donors (Lipinski definition) is 2. The van der Waals surface area contributed by atoms with Crippen molar-refractivity contribution < 1.29 is 0 Å². The third-order valence-electron chi connectivity index (χ3n) is 2.04. The summed E-state index contributed by atoms with van der Waals surface area (Å²) in [7, 11) is 1.90. The van der Waals surface area contributed by atoms with Crippen LogP contribution >= 0.6 is 0 Å². The summed E-state index contributed by atoms with van der Waals surface area (Å²) >= 11 is 0. The molecule has 0 saturated carbocycles. The Bertz CT molecular complexity index is 209. The zero-order valence-electron chi connectivity index (χ0n) is 8.22. The third-order valence-corrected chi connectivity index (χ3v) is 2.04. The highest BCUT2D eigenvalue weighted by molar-refractivity contribution is 5.14. The molecule has 0 saturated heterocycles. The van der Waals surface area contributed by atoms with Crippen LogP contribution in [0.15, 0.2) is 30.3 Å². The van der Waals surface area contributed by atoms with Crippen molar-refractivity contribution in [3.8, 4) is 0 Å². The van der Waals surface area contributed by atoms with Crippen molar-refractivity contribution in [3.63, 3.8) is 0 Å². The molecule has 2 heteroatoms. The fourth-order valence-electron chi connectivity index (χ4n) is 1.31. The lowest BCUT2D eigenvalue weighted by molar-refractivity contribution is 0.560. The highest BCUT2D eigenvalue weighted by Crippen LogP contribution is 2.03. The van der Waals surface area contributed by atoms with Crippen molar-refractivity contribution in [2.45, 2.75) is 19.3 Å². The maximum absolute atomic E-state index is 3.08. The first-order chi connectivity index (χ1) is 6.43. The molecule has 1 aromatic rings. The van der Waals surface area contributed by atoms with Gasteiger partial charge in [-0.3, -0.25) is 10.9 Å². The molecule has 0 radical (unpaired) electrons. The molecule has 0 unspecified atom stereocenters. The van der Waals surface area contributed by atoms with Crippen molar-refractivity contribution in [1.29, 1.82) is 0 Å². The van der Waals surface area contributed by atoms with Gasteiger partial charge in [0, 0.05) is 6.54 Å². The Hall–Kier alpha value is -0.860. The standard InChI is InChI=1S/C11H18N2/c1-12-13-10-6-5-9-11-7-3-2-4-8-11/h2-4,7-8,12-13H,5-6,9-10H2,1H3. The molecule has 0 aliphatic rings. The second kappa shape index (κ2) is 6.63. The van der Waals surface area contributed by atoms with Gasteiger partial charge in [0.1, 0.15) is 0 Å². The molecular formula is C11H18N2. The number of hydrogen-bond acceptors (Lipinski definition) is 2. The lowest BCUT2D eigenvalue weighted by atomic mass is 10.1. The largest absolute Gasteiger partial charge is 0.261 e. The Morgan fingerprint density at radius 2 is 1.85 bits per heavy atom. The molecular weight excluding hydrogens is 160 g/mol. The molecule has 0 aliphatic carbocycles. The molecule has 0 spiro atoms. The van der Waals surface area contributed by atoms with E-state index in [1.54, 1.807) is 0 Å². The first kappa shape index (κ1) is 10.2.